The molecule has 240 valence electrons. The van der Waals surface area contributed by atoms with Crippen molar-refractivity contribution in [1.82, 2.24) is 29.7 Å². The fourth-order valence-electron chi connectivity index (χ4n) is 6.14. The Morgan fingerprint density at radius 1 is 1.00 bits per heavy atom. The van der Waals surface area contributed by atoms with Gasteiger partial charge in [-0.25, -0.2) is 9.36 Å². The van der Waals surface area contributed by atoms with Gasteiger partial charge >= 0.3 is 6.18 Å². The fraction of sp³-hybridized carbons (Fsp3) is 0.375. The molecule has 0 spiro atoms. The normalized spacial score (nSPS) is 18.7. The van der Waals surface area contributed by atoms with E-state index in [0.717, 1.165) is 24.2 Å². The number of alkyl halides is 3. The molecular formula is C32H32F3N7O4. The molecule has 46 heavy (non-hydrogen) atoms. The highest BCUT2D eigenvalue weighted by Gasteiger charge is 2.35. The van der Waals surface area contributed by atoms with Crippen molar-refractivity contribution in [1.29, 1.82) is 0 Å². The van der Waals surface area contributed by atoms with Gasteiger partial charge in [0.05, 0.1) is 24.1 Å². The average Bonchev–Trinajstić information content (AvgIpc) is 3.71. The zero-order valence-corrected chi connectivity index (χ0v) is 25.3. The van der Waals surface area contributed by atoms with Crippen LogP contribution in [0.15, 0.2) is 65.6 Å². The lowest BCUT2D eigenvalue weighted by molar-refractivity contribution is -0.137. The second kappa shape index (κ2) is 12.4. The summed E-state index contributed by atoms with van der Waals surface area (Å²) in [6.45, 7) is 2.51. The summed E-state index contributed by atoms with van der Waals surface area (Å²) in [5.41, 5.74) is -0.111. The molecule has 2 aromatic heterocycles. The maximum absolute atomic E-state index is 13.7. The molecule has 2 aromatic carbocycles. The Morgan fingerprint density at radius 3 is 2.50 bits per heavy atom. The molecule has 11 nitrogen and oxygen atoms in total. The fourth-order valence-corrected chi connectivity index (χ4v) is 6.14. The van der Waals surface area contributed by atoms with E-state index in [1.165, 1.54) is 29.8 Å². The van der Waals surface area contributed by atoms with E-state index in [4.69, 9.17) is 4.74 Å². The van der Waals surface area contributed by atoms with Gasteiger partial charge in [-0.1, -0.05) is 11.3 Å². The van der Waals surface area contributed by atoms with Gasteiger partial charge in [-0.15, -0.1) is 5.10 Å². The first-order valence-electron chi connectivity index (χ1n) is 15.0. The highest BCUT2D eigenvalue weighted by Crippen LogP contribution is 2.31. The van der Waals surface area contributed by atoms with E-state index in [1.807, 2.05) is 12.1 Å². The number of anilines is 1. The largest absolute Gasteiger partial charge is 0.497 e. The van der Waals surface area contributed by atoms with Gasteiger partial charge in [0, 0.05) is 49.2 Å². The summed E-state index contributed by atoms with van der Waals surface area (Å²) in [6.07, 6.45) is 0.250. The van der Waals surface area contributed by atoms with E-state index >= 15 is 0 Å². The van der Waals surface area contributed by atoms with Gasteiger partial charge in [0.2, 0.25) is 5.43 Å². The number of rotatable bonds is 7. The van der Waals surface area contributed by atoms with Crippen LogP contribution in [0.2, 0.25) is 0 Å². The number of benzene rings is 2. The summed E-state index contributed by atoms with van der Waals surface area (Å²) >= 11 is 0. The Morgan fingerprint density at radius 2 is 1.76 bits per heavy atom. The summed E-state index contributed by atoms with van der Waals surface area (Å²) in [5, 5.41) is 12.8. The van der Waals surface area contributed by atoms with Crippen LogP contribution in [-0.4, -0.2) is 67.7 Å². The van der Waals surface area contributed by atoms with Gasteiger partial charge in [-0.05, 0) is 75.1 Å². The third-order valence-corrected chi connectivity index (χ3v) is 8.48. The summed E-state index contributed by atoms with van der Waals surface area (Å²) in [4.78, 5) is 43.3. The van der Waals surface area contributed by atoms with E-state index in [9.17, 15) is 27.6 Å². The lowest BCUT2D eigenvalue weighted by Gasteiger charge is -2.32. The molecule has 0 radical (unpaired) electrons. The first-order chi connectivity index (χ1) is 22.0. The number of aryl methyl sites for hydroxylation is 1. The van der Waals surface area contributed by atoms with Crippen molar-refractivity contribution >= 4 is 17.5 Å². The Labute approximate surface area is 262 Å². The number of hydrogen-bond acceptors (Lipinski definition) is 7. The summed E-state index contributed by atoms with van der Waals surface area (Å²) in [7, 11) is 1.58. The SMILES string of the molecule is COc1ccc(N2CCCC(n3cc(CC4CCCN4C(=O)c4nn(-c5cccc(C(F)(F)F)c5)c(C)cc4=O)nn3)C2=O)cc1. The maximum Gasteiger partial charge on any atom is 0.416 e. The Bertz CT molecular complexity index is 1820. The van der Waals surface area contributed by atoms with Crippen LogP contribution in [-0.2, 0) is 17.4 Å². The number of methoxy groups -OCH3 is 1. The highest BCUT2D eigenvalue weighted by molar-refractivity contribution is 5.97. The molecule has 0 bridgehead atoms. The van der Waals surface area contributed by atoms with Crippen molar-refractivity contribution in [3.8, 4) is 11.4 Å². The number of aromatic nitrogens is 5. The minimum atomic E-state index is -4.56. The Balaban J connectivity index is 1.19. The quantitative estimate of drug-likeness (QED) is 0.296. The smallest absolute Gasteiger partial charge is 0.416 e. The van der Waals surface area contributed by atoms with Gasteiger partial charge < -0.3 is 14.5 Å². The van der Waals surface area contributed by atoms with Crippen LogP contribution in [0.4, 0.5) is 18.9 Å². The molecule has 4 aromatic rings. The van der Waals surface area contributed by atoms with Gasteiger partial charge in [-0.2, -0.15) is 18.3 Å². The van der Waals surface area contributed by atoms with Gasteiger partial charge in [0.15, 0.2) is 5.69 Å². The molecule has 2 aliphatic heterocycles. The van der Waals surface area contributed by atoms with Crippen molar-refractivity contribution in [3.05, 3.63) is 93.7 Å². The van der Waals surface area contributed by atoms with E-state index in [2.05, 4.69) is 15.4 Å². The molecule has 2 aliphatic rings. The standard InChI is InChI=1S/C32H32F3N7O4/c1-20-16-28(43)29(37-42(20)25-7-3-6-21(17-25)32(33,34)35)31(45)40-14-4-8-24(40)18-22-19-41(38-36-22)27-9-5-15-39(30(27)44)23-10-12-26(46-2)13-11-23/h3,6-7,10-13,16-17,19,24,27H,4-5,8-9,14-15,18H2,1-2H3. The molecule has 2 unspecified atom stereocenters. The summed E-state index contributed by atoms with van der Waals surface area (Å²) < 4.78 is 48.0. The predicted octanol–water partition coefficient (Wildman–Crippen LogP) is 4.38. The summed E-state index contributed by atoms with van der Waals surface area (Å²) in [5.74, 6) is 0.0101. The van der Waals surface area contributed by atoms with Crippen molar-refractivity contribution in [2.24, 2.45) is 0 Å². The van der Waals surface area contributed by atoms with Crippen LogP contribution in [0.5, 0.6) is 5.75 Å². The third kappa shape index (κ3) is 6.11. The highest BCUT2D eigenvalue weighted by atomic mass is 19.4. The molecular weight excluding hydrogens is 603 g/mol. The molecule has 14 heteroatoms. The zero-order valence-electron chi connectivity index (χ0n) is 25.3. The predicted molar refractivity (Wildman–Crippen MR) is 161 cm³/mol. The summed E-state index contributed by atoms with van der Waals surface area (Å²) in [6, 6.07) is 12.2. The molecule has 0 aliphatic carbocycles. The van der Waals surface area contributed by atoms with Gasteiger partial charge in [-0.3, -0.25) is 14.4 Å². The number of piperidine rings is 1. The third-order valence-electron chi connectivity index (χ3n) is 8.48. The topological polar surface area (TPSA) is 115 Å². The van der Waals surface area contributed by atoms with E-state index in [0.29, 0.717) is 55.9 Å². The van der Waals surface area contributed by atoms with E-state index in [1.54, 1.807) is 39.9 Å². The zero-order chi connectivity index (χ0) is 32.6. The molecule has 2 atom stereocenters. The van der Waals surface area contributed by atoms with Crippen LogP contribution < -0.4 is 15.1 Å². The number of likely N-dealkylation sites (tertiary alicyclic amines) is 1. The Kier molecular flexibility index (Phi) is 8.36. The molecule has 2 saturated heterocycles. The average molecular weight is 636 g/mol. The monoisotopic (exact) mass is 635 g/mol. The maximum atomic E-state index is 13.7. The first kappa shape index (κ1) is 31.0. The Hall–Kier alpha value is -5.01. The number of amides is 2. The second-order valence-corrected chi connectivity index (χ2v) is 11.5. The van der Waals surface area contributed by atoms with Crippen LogP contribution >= 0.6 is 0 Å². The number of hydrogen-bond donors (Lipinski definition) is 0. The van der Waals surface area contributed by atoms with Crippen molar-refractivity contribution < 1.29 is 27.5 Å². The number of carbonyl (C=O) groups excluding carboxylic acids is 2. The van der Waals surface area contributed by atoms with Gasteiger partial charge in [0.1, 0.15) is 11.8 Å². The van der Waals surface area contributed by atoms with Crippen LogP contribution in [0.25, 0.3) is 5.69 Å². The molecule has 0 N–H and O–H groups in total. The number of ether oxygens (including phenoxy) is 1. The number of carbonyl (C=O) groups is 2. The van der Waals surface area contributed by atoms with Crippen LogP contribution in [0, 0.1) is 6.92 Å². The minimum absolute atomic E-state index is 0.0822. The second-order valence-electron chi connectivity index (χ2n) is 11.5. The van der Waals surface area contributed by atoms with Crippen molar-refractivity contribution in [2.45, 2.75) is 57.3 Å². The lowest BCUT2D eigenvalue weighted by atomic mass is 10.0. The number of nitrogens with zero attached hydrogens (tertiary/aromatic N) is 7. The van der Waals surface area contributed by atoms with Gasteiger partial charge in [0.25, 0.3) is 11.8 Å². The van der Waals surface area contributed by atoms with E-state index in [-0.39, 0.29) is 23.3 Å². The van der Waals surface area contributed by atoms with Crippen LogP contribution in [0.1, 0.15) is 59.2 Å². The first-order valence-corrected chi connectivity index (χ1v) is 15.0. The number of halogens is 3. The molecule has 0 saturated carbocycles. The lowest BCUT2D eigenvalue weighted by Crippen LogP contribution is -2.42. The van der Waals surface area contributed by atoms with Crippen molar-refractivity contribution in [3.63, 3.8) is 0 Å². The van der Waals surface area contributed by atoms with Crippen LogP contribution in [0.3, 0.4) is 0 Å². The van der Waals surface area contributed by atoms with E-state index < -0.39 is 29.1 Å². The molecule has 6 rings (SSSR count). The molecule has 2 fully saturated rings. The molecule has 4 heterocycles. The molecule has 2 amide bonds. The van der Waals surface area contributed by atoms with Crippen molar-refractivity contribution in [2.75, 3.05) is 25.1 Å². The minimum Gasteiger partial charge on any atom is -0.497 e.